The molecular formula is C18H23NO5. The molecule has 0 bridgehead atoms. The predicted octanol–water partition coefficient (Wildman–Crippen LogP) is 3.35. The quantitative estimate of drug-likeness (QED) is 0.840. The van der Waals surface area contributed by atoms with Crippen LogP contribution in [0.15, 0.2) is 41.7 Å². The number of benzene rings is 1. The van der Waals surface area contributed by atoms with Crippen molar-refractivity contribution in [2.24, 2.45) is 0 Å². The summed E-state index contributed by atoms with van der Waals surface area (Å²) in [6.07, 6.45) is -0.404. The maximum Gasteiger partial charge on any atom is 0.411 e. The molecule has 1 aromatic rings. The fourth-order valence-corrected chi connectivity index (χ4v) is 2.58. The highest BCUT2D eigenvalue weighted by Crippen LogP contribution is 2.34. The van der Waals surface area contributed by atoms with Gasteiger partial charge in [0.05, 0.1) is 25.3 Å². The fourth-order valence-electron chi connectivity index (χ4n) is 2.58. The van der Waals surface area contributed by atoms with Gasteiger partial charge >= 0.3 is 12.1 Å². The topological polar surface area (TPSA) is 76.1 Å². The number of rotatable bonds is 2. The third-order valence-electron chi connectivity index (χ3n) is 3.68. The molecule has 2 rings (SSSR count). The van der Waals surface area contributed by atoms with E-state index in [1.807, 2.05) is 30.3 Å². The van der Waals surface area contributed by atoms with Gasteiger partial charge in [-0.15, -0.1) is 0 Å². The number of aliphatic hydroxyl groups is 1. The summed E-state index contributed by atoms with van der Waals surface area (Å²) in [5, 5.41) is 10.2. The monoisotopic (exact) mass is 333 g/mol. The zero-order valence-corrected chi connectivity index (χ0v) is 14.4. The lowest BCUT2D eigenvalue weighted by Crippen LogP contribution is -2.44. The van der Waals surface area contributed by atoms with Gasteiger partial charge in [0.2, 0.25) is 0 Å². The van der Waals surface area contributed by atoms with Gasteiger partial charge in [-0.2, -0.15) is 0 Å². The summed E-state index contributed by atoms with van der Waals surface area (Å²) in [6, 6.07) is 8.93. The molecule has 1 aromatic carbocycles. The molecular weight excluding hydrogens is 310 g/mol. The Morgan fingerprint density at radius 2 is 1.83 bits per heavy atom. The molecule has 130 valence electrons. The van der Waals surface area contributed by atoms with Gasteiger partial charge in [0.1, 0.15) is 11.4 Å². The Kier molecular flexibility index (Phi) is 5.17. The largest absolute Gasteiger partial charge is 0.512 e. The smallest absolute Gasteiger partial charge is 0.411 e. The van der Waals surface area contributed by atoms with E-state index in [4.69, 9.17) is 9.47 Å². The number of ether oxygens (including phenoxy) is 2. The zero-order valence-electron chi connectivity index (χ0n) is 14.4. The summed E-state index contributed by atoms with van der Waals surface area (Å²) in [5.41, 5.74) is 0.279. The third kappa shape index (κ3) is 4.07. The van der Waals surface area contributed by atoms with Crippen molar-refractivity contribution in [3.05, 3.63) is 47.2 Å². The van der Waals surface area contributed by atoms with Crippen LogP contribution in [0.25, 0.3) is 0 Å². The van der Waals surface area contributed by atoms with Gasteiger partial charge in [0, 0.05) is 6.42 Å². The molecule has 1 N–H and O–H groups in total. The second kappa shape index (κ2) is 6.95. The van der Waals surface area contributed by atoms with Crippen molar-refractivity contribution in [1.82, 2.24) is 4.90 Å². The van der Waals surface area contributed by atoms with Gasteiger partial charge in [0.15, 0.2) is 0 Å². The van der Waals surface area contributed by atoms with Crippen LogP contribution in [0.3, 0.4) is 0 Å². The van der Waals surface area contributed by atoms with Crippen LogP contribution in [-0.2, 0) is 14.3 Å². The lowest BCUT2D eigenvalue weighted by molar-refractivity contribution is -0.136. The zero-order chi connectivity index (χ0) is 17.9. The average molecular weight is 333 g/mol. The first-order chi connectivity index (χ1) is 11.2. The first-order valence-electron chi connectivity index (χ1n) is 7.77. The second-order valence-electron chi connectivity index (χ2n) is 6.66. The fraction of sp³-hybridized carbons (Fsp3) is 0.444. The Hall–Kier alpha value is -2.50. The molecule has 6 nitrogen and oxygen atoms in total. The summed E-state index contributed by atoms with van der Waals surface area (Å²) in [5.74, 6) is -0.705. The van der Waals surface area contributed by atoms with E-state index in [2.05, 4.69) is 0 Å². The average Bonchev–Trinajstić information content (AvgIpc) is 2.53. The van der Waals surface area contributed by atoms with E-state index in [0.717, 1.165) is 5.56 Å². The van der Waals surface area contributed by atoms with Crippen molar-refractivity contribution in [2.45, 2.75) is 38.8 Å². The van der Waals surface area contributed by atoms with Crippen molar-refractivity contribution >= 4 is 12.1 Å². The number of carbonyl (C=O) groups is 2. The van der Waals surface area contributed by atoms with Gasteiger partial charge in [-0.25, -0.2) is 9.59 Å². The van der Waals surface area contributed by atoms with E-state index in [1.165, 1.54) is 12.0 Å². The molecule has 24 heavy (non-hydrogen) atoms. The molecule has 6 heteroatoms. The lowest BCUT2D eigenvalue weighted by atomic mass is 9.95. The van der Waals surface area contributed by atoms with Crippen LogP contribution in [0, 0.1) is 0 Å². The van der Waals surface area contributed by atoms with Gasteiger partial charge in [-0.1, -0.05) is 30.3 Å². The molecule has 0 saturated heterocycles. The van der Waals surface area contributed by atoms with E-state index < -0.39 is 23.7 Å². The Morgan fingerprint density at radius 3 is 2.38 bits per heavy atom. The molecule has 1 atom stereocenters. The lowest BCUT2D eigenvalue weighted by Gasteiger charge is -2.37. The third-order valence-corrected chi connectivity index (χ3v) is 3.68. The summed E-state index contributed by atoms with van der Waals surface area (Å²) in [7, 11) is 1.24. The van der Waals surface area contributed by atoms with Crippen molar-refractivity contribution in [3.8, 4) is 0 Å². The van der Waals surface area contributed by atoms with E-state index in [9.17, 15) is 14.7 Å². The minimum atomic E-state index is -0.660. The summed E-state index contributed by atoms with van der Waals surface area (Å²) < 4.78 is 10.2. The maximum atomic E-state index is 12.6. The Bertz CT molecular complexity index is 645. The minimum Gasteiger partial charge on any atom is -0.512 e. The van der Waals surface area contributed by atoms with Crippen molar-refractivity contribution in [2.75, 3.05) is 13.7 Å². The molecule has 1 aliphatic rings. The van der Waals surface area contributed by atoms with Crippen LogP contribution in [-0.4, -0.2) is 41.3 Å². The first kappa shape index (κ1) is 17.8. The van der Waals surface area contributed by atoms with Crippen molar-refractivity contribution in [1.29, 1.82) is 0 Å². The standard InChI is InChI=1S/C18H23NO5/c1-18(2,3)24-17(22)19-11-13(16(21)23-4)15(20)10-14(19)12-8-6-5-7-9-12/h5-9,14,20H,10-11H2,1-4H3/t14-/m1/s1. The van der Waals surface area contributed by atoms with E-state index >= 15 is 0 Å². The normalized spacial score (nSPS) is 18.3. The van der Waals surface area contributed by atoms with Crippen LogP contribution >= 0.6 is 0 Å². The summed E-state index contributed by atoms with van der Waals surface area (Å²) in [6.45, 7) is 5.27. The Labute approximate surface area is 141 Å². The summed E-state index contributed by atoms with van der Waals surface area (Å²) in [4.78, 5) is 25.9. The number of carbonyl (C=O) groups excluding carboxylic acids is 2. The molecule has 0 radical (unpaired) electrons. The SMILES string of the molecule is COC(=O)C1=C(O)C[C@H](c2ccccc2)N(C(=O)OC(C)(C)C)C1. The van der Waals surface area contributed by atoms with Crippen LogP contribution in [0.4, 0.5) is 4.79 Å². The number of methoxy groups -OCH3 is 1. The van der Waals surface area contributed by atoms with E-state index in [-0.39, 0.29) is 24.3 Å². The van der Waals surface area contributed by atoms with Crippen LogP contribution < -0.4 is 0 Å². The number of aliphatic hydroxyl groups excluding tert-OH is 1. The maximum absolute atomic E-state index is 12.6. The second-order valence-corrected chi connectivity index (χ2v) is 6.66. The Balaban J connectivity index is 2.38. The minimum absolute atomic E-state index is 0.0597. The van der Waals surface area contributed by atoms with Crippen LogP contribution in [0.1, 0.15) is 38.8 Å². The molecule has 0 spiro atoms. The number of hydrogen-bond donors (Lipinski definition) is 1. The van der Waals surface area contributed by atoms with Gasteiger partial charge in [0.25, 0.3) is 0 Å². The first-order valence-corrected chi connectivity index (χ1v) is 7.77. The van der Waals surface area contributed by atoms with Gasteiger partial charge < -0.3 is 14.6 Å². The Morgan fingerprint density at radius 1 is 1.21 bits per heavy atom. The number of amides is 1. The van der Waals surface area contributed by atoms with Gasteiger partial charge in [-0.3, -0.25) is 4.90 Å². The van der Waals surface area contributed by atoms with Crippen LogP contribution in [0.5, 0.6) is 0 Å². The highest BCUT2D eigenvalue weighted by atomic mass is 16.6. The predicted molar refractivity (Wildman–Crippen MR) is 88.4 cm³/mol. The molecule has 0 aromatic heterocycles. The highest BCUT2D eigenvalue weighted by molar-refractivity contribution is 5.90. The molecule has 0 unspecified atom stereocenters. The number of nitrogens with zero attached hydrogens (tertiary/aromatic N) is 1. The molecule has 1 heterocycles. The highest BCUT2D eigenvalue weighted by Gasteiger charge is 2.37. The molecule has 1 aliphatic heterocycles. The molecule has 0 saturated carbocycles. The number of hydrogen-bond acceptors (Lipinski definition) is 5. The van der Waals surface area contributed by atoms with E-state index in [0.29, 0.717) is 0 Å². The molecule has 0 fully saturated rings. The number of esters is 1. The molecule has 1 amide bonds. The van der Waals surface area contributed by atoms with E-state index in [1.54, 1.807) is 20.8 Å². The summed E-state index contributed by atoms with van der Waals surface area (Å²) >= 11 is 0. The molecule has 0 aliphatic carbocycles. The van der Waals surface area contributed by atoms with Crippen LogP contribution in [0.2, 0.25) is 0 Å². The van der Waals surface area contributed by atoms with Gasteiger partial charge in [-0.05, 0) is 26.3 Å². The van der Waals surface area contributed by atoms with Crippen molar-refractivity contribution in [3.63, 3.8) is 0 Å². The van der Waals surface area contributed by atoms with Crippen molar-refractivity contribution < 1.29 is 24.2 Å².